The molecule has 24 heavy (non-hydrogen) atoms. The van der Waals surface area contributed by atoms with Crippen molar-refractivity contribution < 1.29 is 9.53 Å². The molecule has 0 saturated heterocycles. The minimum absolute atomic E-state index is 0.0575. The molecule has 0 bridgehead atoms. The van der Waals surface area contributed by atoms with Crippen LogP contribution < -0.4 is 0 Å². The molecule has 0 aliphatic heterocycles. The van der Waals surface area contributed by atoms with E-state index in [2.05, 4.69) is 37.3 Å². The molecule has 2 nitrogen and oxygen atoms in total. The maximum atomic E-state index is 11.8. The van der Waals surface area contributed by atoms with Crippen LogP contribution in [0.4, 0.5) is 0 Å². The van der Waals surface area contributed by atoms with Gasteiger partial charge in [0.05, 0.1) is 6.61 Å². The van der Waals surface area contributed by atoms with E-state index in [-0.39, 0.29) is 5.97 Å². The number of hydrogen-bond acceptors (Lipinski definition) is 2. The standard InChI is InChI=1S/C22H32O2/c1-3-24-22(23)16-15-21(17-19-13-11-18(2)12-14-19)20-9-7-5-4-6-8-10-20/h9,11-14,21H,3-8,10,15-17H2,1-2H3/b20-9+. The summed E-state index contributed by atoms with van der Waals surface area (Å²) in [5.74, 6) is 0.410. The maximum absolute atomic E-state index is 11.8. The van der Waals surface area contributed by atoms with Crippen LogP contribution in [0.5, 0.6) is 0 Å². The zero-order chi connectivity index (χ0) is 17.2. The fourth-order valence-electron chi connectivity index (χ4n) is 3.54. The molecule has 0 fully saturated rings. The molecule has 0 heterocycles. The number of allylic oxidation sites excluding steroid dienone is 2. The van der Waals surface area contributed by atoms with Gasteiger partial charge in [-0.1, -0.05) is 54.3 Å². The maximum Gasteiger partial charge on any atom is 0.305 e. The number of ether oxygens (including phenoxy) is 1. The molecule has 2 heteroatoms. The van der Waals surface area contributed by atoms with Crippen LogP contribution in [0.1, 0.15) is 69.4 Å². The second-order valence-corrected chi connectivity index (χ2v) is 6.96. The summed E-state index contributed by atoms with van der Waals surface area (Å²) in [6.07, 6.45) is 12.6. The highest BCUT2D eigenvalue weighted by atomic mass is 16.5. The van der Waals surface area contributed by atoms with E-state index in [1.165, 1.54) is 49.7 Å². The van der Waals surface area contributed by atoms with Crippen molar-refractivity contribution in [3.05, 3.63) is 47.0 Å². The third-order valence-electron chi connectivity index (χ3n) is 4.96. The Hall–Kier alpha value is -1.57. The van der Waals surface area contributed by atoms with Crippen molar-refractivity contribution in [2.75, 3.05) is 6.61 Å². The van der Waals surface area contributed by atoms with Crippen molar-refractivity contribution in [1.82, 2.24) is 0 Å². The van der Waals surface area contributed by atoms with E-state index < -0.39 is 0 Å². The van der Waals surface area contributed by atoms with Gasteiger partial charge in [0.2, 0.25) is 0 Å². The summed E-state index contributed by atoms with van der Waals surface area (Å²) in [5.41, 5.74) is 4.24. The molecule has 1 aliphatic carbocycles. The fourth-order valence-corrected chi connectivity index (χ4v) is 3.54. The van der Waals surface area contributed by atoms with E-state index in [1.54, 1.807) is 5.57 Å². The Kier molecular flexibility index (Phi) is 8.07. The van der Waals surface area contributed by atoms with Crippen molar-refractivity contribution in [2.24, 2.45) is 5.92 Å². The molecule has 1 unspecified atom stereocenters. The second-order valence-electron chi connectivity index (χ2n) is 6.96. The second kappa shape index (κ2) is 10.3. The van der Waals surface area contributed by atoms with Gasteiger partial charge in [0.25, 0.3) is 0 Å². The number of hydrogen-bond donors (Lipinski definition) is 0. The number of benzene rings is 1. The Morgan fingerprint density at radius 2 is 1.88 bits per heavy atom. The summed E-state index contributed by atoms with van der Waals surface area (Å²) in [5, 5.41) is 0. The minimum atomic E-state index is -0.0575. The molecule has 0 radical (unpaired) electrons. The Bertz CT molecular complexity index is 527. The number of carbonyl (C=O) groups excluding carboxylic acids is 1. The summed E-state index contributed by atoms with van der Waals surface area (Å²) in [6, 6.07) is 8.83. The first-order valence-electron chi connectivity index (χ1n) is 9.59. The molecule has 1 aromatic rings. The van der Waals surface area contributed by atoms with Gasteiger partial charge in [0.1, 0.15) is 0 Å². The van der Waals surface area contributed by atoms with Crippen molar-refractivity contribution in [1.29, 1.82) is 0 Å². The zero-order valence-electron chi connectivity index (χ0n) is 15.4. The molecular weight excluding hydrogens is 296 g/mol. The molecule has 0 aromatic heterocycles. The lowest BCUT2D eigenvalue weighted by atomic mass is 9.83. The van der Waals surface area contributed by atoms with E-state index in [1.807, 2.05) is 6.92 Å². The van der Waals surface area contributed by atoms with Crippen LogP contribution in [0, 0.1) is 12.8 Å². The van der Waals surface area contributed by atoms with Gasteiger partial charge < -0.3 is 4.74 Å². The molecular formula is C22H32O2. The van der Waals surface area contributed by atoms with Gasteiger partial charge in [0, 0.05) is 6.42 Å². The van der Waals surface area contributed by atoms with Crippen LogP contribution in [-0.4, -0.2) is 12.6 Å². The average Bonchev–Trinajstić information content (AvgIpc) is 2.54. The molecule has 0 spiro atoms. The predicted octanol–water partition coefficient (Wildman–Crippen LogP) is 5.78. The molecule has 1 aromatic carbocycles. The quantitative estimate of drug-likeness (QED) is 0.468. The van der Waals surface area contributed by atoms with Gasteiger partial charge in [0.15, 0.2) is 0 Å². The lowest BCUT2D eigenvalue weighted by molar-refractivity contribution is -0.143. The zero-order valence-corrected chi connectivity index (χ0v) is 15.4. The Morgan fingerprint density at radius 1 is 1.12 bits per heavy atom. The Balaban J connectivity index is 2.06. The summed E-state index contributed by atoms with van der Waals surface area (Å²) in [7, 11) is 0. The largest absolute Gasteiger partial charge is 0.466 e. The SMILES string of the molecule is CCOC(=O)CCC(Cc1ccc(C)cc1)/C1=C/CCCCCC1. The molecule has 1 atom stereocenters. The summed E-state index contributed by atoms with van der Waals surface area (Å²) >= 11 is 0. The smallest absolute Gasteiger partial charge is 0.305 e. The highest BCUT2D eigenvalue weighted by molar-refractivity contribution is 5.69. The van der Waals surface area contributed by atoms with E-state index in [9.17, 15) is 4.79 Å². The first-order chi connectivity index (χ1) is 11.7. The van der Waals surface area contributed by atoms with Crippen LogP contribution in [0.3, 0.4) is 0 Å². The van der Waals surface area contributed by atoms with Crippen molar-refractivity contribution in [3.8, 4) is 0 Å². The van der Waals surface area contributed by atoms with Crippen molar-refractivity contribution >= 4 is 5.97 Å². The van der Waals surface area contributed by atoms with E-state index in [0.717, 1.165) is 12.8 Å². The summed E-state index contributed by atoms with van der Waals surface area (Å²) in [4.78, 5) is 11.8. The van der Waals surface area contributed by atoms with Crippen molar-refractivity contribution in [3.63, 3.8) is 0 Å². The molecule has 1 aliphatic rings. The van der Waals surface area contributed by atoms with Gasteiger partial charge in [-0.25, -0.2) is 0 Å². The van der Waals surface area contributed by atoms with Gasteiger partial charge >= 0.3 is 5.97 Å². The van der Waals surface area contributed by atoms with E-state index in [0.29, 0.717) is 18.9 Å². The summed E-state index contributed by atoms with van der Waals surface area (Å²) < 4.78 is 5.13. The molecule has 0 saturated carbocycles. The fraction of sp³-hybridized carbons (Fsp3) is 0.591. The van der Waals surface area contributed by atoms with Crippen LogP contribution in [0.25, 0.3) is 0 Å². The monoisotopic (exact) mass is 328 g/mol. The summed E-state index contributed by atoms with van der Waals surface area (Å²) in [6.45, 7) is 4.47. The molecule has 132 valence electrons. The third-order valence-corrected chi connectivity index (χ3v) is 4.96. The Morgan fingerprint density at radius 3 is 2.62 bits per heavy atom. The third kappa shape index (κ3) is 6.51. The topological polar surface area (TPSA) is 26.3 Å². The number of aryl methyl sites for hydroxylation is 1. The van der Waals surface area contributed by atoms with Crippen LogP contribution in [-0.2, 0) is 16.0 Å². The van der Waals surface area contributed by atoms with E-state index in [4.69, 9.17) is 4.74 Å². The van der Waals surface area contributed by atoms with Gasteiger partial charge in [-0.05, 0) is 63.9 Å². The average molecular weight is 328 g/mol. The van der Waals surface area contributed by atoms with Crippen LogP contribution >= 0.6 is 0 Å². The predicted molar refractivity (Wildman–Crippen MR) is 100 cm³/mol. The lowest BCUT2D eigenvalue weighted by Gasteiger charge is -2.22. The number of carbonyl (C=O) groups is 1. The van der Waals surface area contributed by atoms with Gasteiger partial charge in [-0.15, -0.1) is 0 Å². The molecule has 0 N–H and O–H groups in total. The first kappa shape index (κ1) is 18.8. The highest BCUT2D eigenvalue weighted by Crippen LogP contribution is 2.29. The number of rotatable bonds is 7. The Labute approximate surface area is 147 Å². The van der Waals surface area contributed by atoms with Gasteiger partial charge in [-0.3, -0.25) is 4.79 Å². The lowest BCUT2D eigenvalue weighted by Crippen LogP contribution is -2.13. The van der Waals surface area contributed by atoms with Crippen LogP contribution in [0.15, 0.2) is 35.9 Å². The first-order valence-corrected chi connectivity index (χ1v) is 9.59. The number of esters is 1. The van der Waals surface area contributed by atoms with Gasteiger partial charge in [-0.2, -0.15) is 0 Å². The van der Waals surface area contributed by atoms with Crippen molar-refractivity contribution in [2.45, 2.75) is 71.6 Å². The minimum Gasteiger partial charge on any atom is -0.466 e. The molecule has 2 rings (SSSR count). The molecule has 0 amide bonds. The highest BCUT2D eigenvalue weighted by Gasteiger charge is 2.18. The van der Waals surface area contributed by atoms with Crippen LogP contribution in [0.2, 0.25) is 0 Å². The normalized spacial score (nSPS) is 18.8. The van der Waals surface area contributed by atoms with E-state index >= 15 is 0 Å².